The Kier molecular flexibility index (Phi) is 6.55. The molecule has 10 heavy (non-hydrogen) atoms. The van der Waals surface area contributed by atoms with Crippen LogP contribution in [0.25, 0.3) is 0 Å². The van der Waals surface area contributed by atoms with Crippen LogP contribution in [0.4, 0.5) is 0 Å². The van der Waals surface area contributed by atoms with Gasteiger partial charge < -0.3 is 10.5 Å². The summed E-state index contributed by atoms with van der Waals surface area (Å²) in [6.45, 7) is 3.60. The fraction of sp³-hybridized carbons (Fsp3) is 0.750. The zero-order valence-electron chi connectivity index (χ0n) is 6.89. The Hall–Kier alpha value is -0.340. The van der Waals surface area contributed by atoms with Gasteiger partial charge in [-0.1, -0.05) is 13.0 Å². The quantitative estimate of drug-likeness (QED) is 0.589. The third-order valence-electron chi connectivity index (χ3n) is 1.38. The van der Waals surface area contributed by atoms with Gasteiger partial charge in [0.1, 0.15) is 0 Å². The first kappa shape index (κ1) is 9.66. The number of hydrogen-bond acceptors (Lipinski definition) is 2. The molecular weight excluding hydrogens is 126 g/mol. The van der Waals surface area contributed by atoms with E-state index in [-0.39, 0.29) is 0 Å². The zero-order chi connectivity index (χ0) is 7.82. The highest BCUT2D eigenvalue weighted by atomic mass is 16.5. The average Bonchev–Trinajstić information content (AvgIpc) is 1.98. The third-order valence-corrected chi connectivity index (χ3v) is 1.38. The molecule has 0 aromatic heterocycles. The van der Waals surface area contributed by atoms with Crippen LogP contribution in [0.3, 0.4) is 0 Å². The second-order valence-electron chi connectivity index (χ2n) is 2.23. The van der Waals surface area contributed by atoms with Crippen LogP contribution in [0.1, 0.15) is 19.8 Å². The van der Waals surface area contributed by atoms with Gasteiger partial charge in [0.05, 0.1) is 6.61 Å². The van der Waals surface area contributed by atoms with E-state index in [1.807, 2.05) is 0 Å². The fourth-order valence-electron chi connectivity index (χ4n) is 0.778. The predicted molar refractivity (Wildman–Crippen MR) is 43.9 cm³/mol. The van der Waals surface area contributed by atoms with Crippen molar-refractivity contribution in [3.8, 4) is 0 Å². The van der Waals surface area contributed by atoms with Gasteiger partial charge in [-0.25, -0.2) is 0 Å². The molecule has 0 aliphatic rings. The van der Waals surface area contributed by atoms with Crippen molar-refractivity contribution in [1.29, 1.82) is 0 Å². The molecular formula is C8H17NO. The van der Waals surface area contributed by atoms with Gasteiger partial charge in [-0.15, -0.1) is 0 Å². The van der Waals surface area contributed by atoms with Crippen LogP contribution in [0.15, 0.2) is 11.6 Å². The lowest BCUT2D eigenvalue weighted by Gasteiger charge is -2.01. The molecule has 0 rings (SSSR count). The summed E-state index contributed by atoms with van der Waals surface area (Å²) in [4.78, 5) is 0. The highest BCUT2D eigenvalue weighted by molar-refractivity contribution is 5.01. The molecule has 0 unspecified atom stereocenters. The predicted octanol–water partition coefficient (Wildman–Crippen LogP) is 1.32. The SMILES string of the molecule is CCC(=CCCN)COC. The van der Waals surface area contributed by atoms with Crippen LogP contribution in [0.5, 0.6) is 0 Å². The number of hydrogen-bond donors (Lipinski definition) is 1. The molecule has 0 saturated carbocycles. The van der Waals surface area contributed by atoms with E-state index in [1.165, 1.54) is 5.57 Å². The molecule has 0 fully saturated rings. The minimum absolute atomic E-state index is 0.729. The first-order valence-corrected chi connectivity index (χ1v) is 3.72. The maximum Gasteiger partial charge on any atom is 0.0672 e. The van der Waals surface area contributed by atoms with Gasteiger partial charge >= 0.3 is 0 Å². The largest absolute Gasteiger partial charge is 0.380 e. The van der Waals surface area contributed by atoms with E-state index >= 15 is 0 Å². The van der Waals surface area contributed by atoms with Gasteiger partial charge in [0.15, 0.2) is 0 Å². The second-order valence-corrected chi connectivity index (χ2v) is 2.23. The smallest absolute Gasteiger partial charge is 0.0672 e. The molecule has 60 valence electrons. The van der Waals surface area contributed by atoms with Crippen LogP contribution in [-0.4, -0.2) is 20.3 Å². The number of nitrogens with two attached hydrogens (primary N) is 1. The zero-order valence-corrected chi connectivity index (χ0v) is 6.89. The highest BCUT2D eigenvalue weighted by Crippen LogP contribution is 2.01. The lowest BCUT2D eigenvalue weighted by atomic mass is 10.2. The molecule has 0 radical (unpaired) electrons. The minimum atomic E-state index is 0.729. The molecule has 0 atom stereocenters. The maximum atomic E-state index is 5.34. The van der Waals surface area contributed by atoms with Crippen molar-refractivity contribution in [1.82, 2.24) is 0 Å². The molecule has 0 heterocycles. The number of rotatable bonds is 5. The first-order chi connectivity index (χ1) is 4.85. The van der Waals surface area contributed by atoms with Gasteiger partial charge in [0, 0.05) is 7.11 Å². The van der Waals surface area contributed by atoms with Crippen molar-refractivity contribution in [2.24, 2.45) is 5.73 Å². The second kappa shape index (κ2) is 6.78. The molecule has 0 spiro atoms. The summed E-state index contributed by atoms with van der Waals surface area (Å²) in [7, 11) is 1.71. The monoisotopic (exact) mass is 143 g/mol. The van der Waals surface area contributed by atoms with E-state index in [0.29, 0.717) is 0 Å². The summed E-state index contributed by atoms with van der Waals surface area (Å²) in [6.07, 6.45) is 4.18. The summed E-state index contributed by atoms with van der Waals surface area (Å²) in [5.41, 5.74) is 6.68. The number of methoxy groups -OCH3 is 1. The van der Waals surface area contributed by atoms with Crippen LogP contribution < -0.4 is 5.73 Å². The van der Waals surface area contributed by atoms with Gasteiger partial charge in [0.2, 0.25) is 0 Å². The Bertz CT molecular complexity index is 99.4. The van der Waals surface area contributed by atoms with E-state index in [4.69, 9.17) is 10.5 Å². The summed E-state index contributed by atoms with van der Waals surface area (Å²) in [5, 5.41) is 0. The Morgan fingerprint density at radius 2 is 2.30 bits per heavy atom. The van der Waals surface area contributed by atoms with Crippen LogP contribution in [0.2, 0.25) is 0 Å². The highest BCUT2D eigenvalue weighted by Gasteiger charge is 1.90. The Morgan fingerprint density at radius 3 is 2.70 bits per heavy atom. The molecule has 0 aliphatic heterocycles. The molecule has 2 N–H and O–H groups in total. The molecule has 0 aromatic rings. The average molecular weight is 143 g/mol. The van der Waals surface area contributed by atoms with E-state index in [0.717, 1.165) is 26.0 Å². The van der Waals surface area contributed by atoms with Crippen LogP contribution in [0, 0.1) is 0 Å². The minimum Gasteiger partial charge on any atom is -0.380 e. The molecule has 0 aliphatic carbocycles. The molecule has 0 amide bonds. The van der Waals surface area contributed by atoms with Gasteiger partial charge in [-0.3, -0.25) is 0 Å². The van der Waals surface area contributed by atoms with Crippen molar-refractivity contribution < 1.29 is 4.74 Å². The molecule has 2 heteroatoms. The Balaban J connectivity index is 3.55. The maximum absolute atomic E-state index is 5.34. The lowest BCUT2D eigenvalue weighted by Crippen LogP contribution is -1.98. The van der Waals surface area contributed by atoms with Crippen molar-refractivity contribution in [3.63, 3.8) is 0 Å². The Labute approximate surface area is 63.1 Å². The van der Waals surface area contributed by atoms with Crippen LogP contribution in [-0.2, 0) is 4.74 Å². The van der Waals surface area contributed by atoms with E-state index in [2.05, 4.69) is 13.0 Å². The summed E-state index contributed by atoms with van der Waals surface area (Å²) in [6, 6.07) is 0. The van der Waals surface area contributed by atoms with Gasteiger partial charge in [-0.2, -0.15) is 0 Å². The van der Waals surface area contributed by atoms with Crippen molar-refractivity contribution >= 4 is 0 Å². The van der Waals surface area contributed by atoms with E-state index in [1.54, 1.807) is 7.11 Å². The molecule has 0 bridgehead atoms. The first-order valence-electron chi connectivity index (χ1n) is 3.72. The summed E-state index contributed by atoms with van der Waals surface area (Å²) < 4.78 is 4.98. The Morgan fingerprint density at radius 1 is 1.60 bits per heavy atom. The van der Waals surface area contributed by atoms with Crippen molar-refractivity contribution in [2.75, 3.05) is 20.3 Å². The topological polar surface area (TPSA) is 35.2 Å². The van der Waals surface area contributed by atoms with Gasteiger partial charge in [0.25, 0.3) is 0 Å². The fourth-order valence-corrected chi connectivity index (χ4v) is 0.778. The van der Waals surface area contributed by atoms with E-state index < -0.39 is 0 Å². The standard InChI is InChI=1S/C8H17NO/c1-3-8(7-10-2)5-4-6-9/h5H,3-4,6-7,9H2,1-2H3. The van der Waals surface area contributed by atoms with E-state index in [9.17, 15) is 0 Å². The van der Waals surface area contributed by atoms with Crippen molar-refractivity contribution in [3.05, 3.63) is 11.6 Å². The summed E-state index contributed by atoms with van der Waals surface area (Å²) >= 11 is 0. The molecule has 0 saturated heterocycles. The number of ether oxygens (including phenoxy) is 1. The molecule has 0 aromatic carbocycles. The normalized spacial score (nSPS) is 12.1. The van der Waals surface area contributed by atoms with Gasteiger partial charge in [-0.05, 0) is 25.0 Å². The molecule has 2 nitrogen and oxygen atoms in total. The van der Waals surface area contributed by atoms with Crippen LogP contribution >= 0.6 is 0 Å². The summed E-state index contributed by atoms with van der Waals surface area (Å²) in [5.74, 6) is 0. The van der Waals surface area contributed by atoms with Crippen molar-refractivity contribution in [2.45, 2.75) is 19.8 Å². The third kappa shape index (κ3) is 4.53. The lowest BCUT2D eigenvalue weighted by molar-refractivity contribution is 0.223.